The molecule has 0 N–H and O–H groups in total. The quantitative estimate of drug-likeness (QED) is 0.643. The molecule has 22 heavy (non-hydrogen) atoms. The third-order valence-electron chi connectivity index (χ3n) is 2.99. The van der Waals surface area contributed by atoms with Gasteiger partial charge in [-0.1, -0.05) is 30.3 Å². The second kappa shape index (κ2) is 5.31. The molecule has 0 unspecified atom stereocenters. The highest BCUT2D eigenvalue weighted by molar-refractivity contribution is 7.86. The Kier molecular flexibility index (Phi) is 3.46. The average molecular weight is 316 g/mol. The molecule has 2 aromatic carbocycles. The number of ketones is 1. The number of carbonyl (C=O) groups is 1. The van der Waals surface area contributed by atoms with Crippen LogP contribution in [0, 0.1) is 0 Å². The molecule has 1 aliphatic rings. The van der Waals surface area contributed by atoms with Gasteiger partial charge in [0.25, 0.3) is 0 Å². The summed E-state index contributed by atoms with van der Waals surface area (Å²) in [7, 11) is -3.63. The fourth-order valence-electron chi connectivity index (χ4n) is 2.09. The molecule has 0 fully saturated rings. The van der Waals surface area contributed by atoms with Crippen LogP contribution in [0.25, 0.3) is 6.08 Å². The highest BCUT2D eigenvalue weighted by Gasteiger charge is 2.28. The summed E-state index contributed by atoms with van der Waals surface area (Å²) in [6.45, 7) is 0. The van der Waals surface area contributed by atoms with Gasteiger partial charge in [-0.3, -0.25) is 4.79 Å². The van der Waals surface area contributed by atoms with E-state index in [-0.39, 0.29) is 23.0 Å². The lowest BCUT2D eigenvalue weighted by Crippen LogP contribution is -2.05. The number of fused-ring (bicyclic) bond motifs is 1. The van der Waals surface area contributed by atoms with E-state index >= 15 is 0 Å². The predicted molar refractivity (Wildman–Crippen MR) is 81.3 cm³/mol. The molecule has 2 aromatic rings. The number of carbonyl (C=O) groups excluding carboxylic acids is 1. The Bertz CT molecular complexity index is 867. The zero-order chi connectivity index (χ0) is 15.7. The molecule has 0 atom stereocenters. The fraction of sp³-hybridized carbons (Fsp3) is 0.0625. The Hall–Kier alpha value is -2.60. The van der Waals surface area contributed by atoms with Gasteiger partial charge in [-0.2, -0.15) is 8.42 Å². The fourth-order valence-corrected chi connectivity index (χ4v) is 2.55. The van der Waals surface area contributed by atoms with Crippen molar-refractivity contribution >= 4 is 22.0 Å². The molecule has 0 saturated carbocycles. The van der Waals surface area contributed by atoms with Crippen LogP contribution >= 0.6 is 0 Å². The highest BCUT2D eigenvalue weighted by Crippen LogP contribution is 2.35. The lowest BCUT2D eigenvalue weighted by atomic mass is 10.1. The van der Waals surface area contributed by atoms with E-state index in [0.717, 1.165) is 11.8 Å². The second-order valence-electron chi connectivity index (χ2n) is 4.80. The van der Waals surface area contributed by atoms with Gasteiger partial charge in [0, 0.05) is 6.07 Å². The molecule has 3 rings (SSSR count). The summed E-state index contributed by atoms with van der Waals surface area (Å²) in [5, 5.41) is 0. The van der Waals surface area contributed by atoms with E-state index < -0.39 is 10.1 Å². The number of Topliss-reactive ketones (excluding diaryl/α,β-unsaturated/α-hetero) is 1. The Balaban J connectivity index is 1.92. The summed E-state index contributed by atoms with van der Waals surface area (Å²) in [5.41, 5.74) is 1.22. The van der Waals surface area contributed by atoms with Crippen molar-refractivity contribution in [2.45, 2.75) is 0 Å². The molecule has 0 amide bonds. The molecule has 112 valence electrons. The molecule has 0 radical (unpaired) electrons. The molecule has 0 spiro atoms. The van der Waals surface area contributed by atoms with Gasteiger partial charge in [-0.05, 0) is 23.8 Å². The molecule has 0 saturated heterocycles. The van der Waals surface area contributed by atoms with E-state index in [0.29, 0.717) is 5.56 Å². The summed E-state index contributed by atoms with van der Waals surface area (Å²) in [6.07, 6.45) is 2.59. The summed E-state index contributed by atoms with van der Waals surface area (Å²) in [6, 6.07) is 13.6. The number of benzene rings is 2. The van der Waals surface area contributed by atoms with E-state index in [9.17, 15) is 13.2 Å². The average Bonchev–Trinajstić information content (AvgIpc) is 2.74. The zero-order valence-electron chi connectivity index (χ0n) is 11.6. The minimum absolute atomic E-state index is 0.106. The van der Waals surface area contributed by atoms with Crippen LogP contribution in [0.2, 0.25) is 0 Å². The van der Waals surface area contributed by atoms with Crippen molar-refractivity contribution in [1.29, 1.82) is 0 Å². The maximum absolute atomic E-state index is 12.2. The van der Waals surface area contributed by atoms with Gasteiger partial charge in [0.05, 0.1) is 11.8 Å². The van der Waals surface area contributed by atoms with E-state index in [1.54, 1.807) is 6.08 Å². The molecule has 1 heterocycles. The van der Waals surface area contributed by atoms with E-state index in [2.05, 4.69) is 0 Å². The topological polar surface area (TPSA) is 69.7 Å². The van der Waals surface area contributed by atoms with Crippen molar-refractivity contribution in [2.24, 2.45) is 0 Å². The molecule has 0 aromatic heterocycles. The number of ether oxygens (including phenoxy) is 1. The Morgan fingerprint density at radius 2 is 1.82 bits per heavy atom. The van der Waals surface area contributed by atoms with Gasteiger partial charge in [0.2, 0.25) is 5.78 Å². The highest BCUT2D eigenvalue weighted by atomic mass is 32.2. The standard InChI is InChI=1S/C16H12O5S/c1-22(18,19)21-12-7-8-13-14(10-12)20-15(16(13)17)9-11-5-3-2-4-6-11/h2-10H,1H3/b15-9-. The van der Waals surface area contributed by atoms with Gasteiger partial charge in [0.1, 0.15) is 11.5 Å². The van der Waals surface area contributed by atoms with Crippen molar-refractivity contribution in [3.63, 3.8) is 0 Å². The normalized spacial score (nSPS) is 15.5. The van der Waals surface area contributed by atoms with Gasteiger partial charge in [0.15, 0.2) is 5.76 Å². The first-order chi connectivity index (χ1) is 10.4. The van der Waals surface area contributed by atoms with Gasteiger partial charge < -0.3 is 8.92 Å². The summed E-state index contributed by atoms with van der Waals surface area (Å²) in [5.74, 6) is 0.339. The third-order valence-corrected chi connectivity index (χ3v) is 3.48. The van der Waals surface area contributed by atoms with Crippen LogP contribution in [-0.2, 0) is 10.1 Å². The number of allylic oxidation sites excluding steroid dienone is 1. The van der Waals surface area contributed by atoms with Gasteiger partial charge >= 0.3 is 10.1 Å². The zero-order valence-corrected chi connectivity index (χ0v) is 12.5. The van der Waals surface area contributed by atoms with Crippen molar-refractivity contribution in [3.8, 4) is 11.5 Å². The molecule has 0 aliphatic carbocycles. The maximum atomic E-state index is 12.2. The van der Waals surface area contributed by atoms with Crippen molar-refractivity contribution in [1.82, 2.24) is 0 Å². The Labute approximate surface area is 127 Å². The molecule has 1 aliphatic heterocycles. The van der Waals surface area contributed by atoms with Crippen LogP contribution < -0.4 is 8.92 Å². The van der Waals surface area contributed by atoms with Crippen molar-refractivity contribution in [2.75, 3.05) is 6.26 Å². The summed E-state index contributed by atoms with van der Waals surface area (Å²) in [4.78, 5) is 12.2. The Morgan fingerprint density at radius 1 is 1.09 bits per heavy atom. The van der Waals surface area contributed by atoms with E-state index in [4.69, 9.17) is 8.92 Å². The summed E-state index contributed by atoms with van der Waals surface area (Å²) >= 11 is 0. The van der Waals surface area contributed by atoms with Gasteiger partial charge in [-0.15, -0.1) is 0 Å². The van der Waals surface area contributed by atoms with Crippen LogP contribution in [0.3, 0.4) is 0 Å². The predicted octanol–water partition coefficient (Wildman–Crippen LogP) is 2.64. The number of hydrogen-bond acceptors (Lipinski definition) is 5. The second-order valence-corrected chi connectivity index (χ2v) is 6.37. The van der Waals surface area contributed by atoms with E-state index in [1.807, 2.05) is 30.3 Å². The smallest absolute Gasteiger partial charge is 0.306 e. The largest absolute Gasteiger partial charge is 0.452 e. The number of rotatable bonds is 3. The van der Waals surface area contributed by atoms with Crippen LogP contribution in [0.15, 0.2) is 54.3 Å². The molecule has 6 heteroatoms. The lowest BCUT2D eigenvalue weighted by molar-refractivity contribution is 0.101. The van der Waals surface area contributed by atoms with Crippen molar-refractivity contribution in [3.05, 3.63) is 65.4 Å². The molecule has 0 bridgehead atoms. The minimum Gasteiger partial charge on any atom is -0.452 e. The molecular formula is C16H12O5S. The maximum Gasteiger partial charge on any atom is 0.306 e. The lowest BCUT2D eigenvalue weighted by Gasteiger charge is -2.03. The first-order valence-corrected chi connectivity index (χ1v) is 8.27. The molecule has 5 nitrogen and oxygen atoms in total. The summed E-state index contributed by atoms with van der Waals surface area (Å²) < 4.78 is 32.6. The molecular weight excluding hydrogens is 304 g/mol. The van der Waals surface area contributed by atoms with Crippen LogP contribution in [-0.4, -0.2) is 20.5 Å². The van der Waals surface area contributed by atoms with Crippen LogP contribution in [0.4, 0.5) is 0 Å². The minimum atomic E-state index is -3.63. The number of hydrogen-bond donors (Lipinski definition) is 0. The first kappa shape index (κ1) is 14.3. The first-order valence-electron chi connectivity index (χ1n) is 6.45. The van der Waals surface area contributed by atoms with E-state index in [1.165, 1.54) is 18.2 Å². The van der Waals surface area contributed by atoms with Crippen LogP contribution in [0.5, 0.6) is 11.5 Å². The van der Waals surface area contributed by atoms with Crippen LogP contribution in [0.1, 0.15) is 15.9 Å². The third kappa shape index (κ3) is 3.01. The van der Waals surface area contributed by atoms with Crippen molar-refractivity contribution < 1.29 is 22.1 Å². The monoisotopic (exact) mass is 316 g/mol. The SMILES string of the molecule is CS(=O)(=O)Oc1ccc2c(c1)O/C(=C\c1ccccc1)C2=O. The van der Waals surface area contributed by atoms with Gasteiger partial charge in [-0.25, -0.2) is 0 Å². The Morgan fingerprint density at radius 3 is 2.50 bits per heavy atom.